The van der Waals surface area contributed by atoms with Gasteiger partial charge in [0.05, 0.1) is 4.90 Å². The summed E-state index contributed by atoms with van der Waals surface area (Å²) in [7, 11) is -0.367. The number of sulfonamides is 1. The van der Waals surface area contributed by atoms with Crippen molar-refractivity contribution in [3.8, 4) is 0 Å². The summed E-state index contributed by atoms with van der Waals surface area (Å²) in [5.41, 5.74) is 0.721. The van der Waals surface area contributed by atoms with Gasteiger partial charge in [-0.3, -0.25) is 0 Å². The van der Waals surface area contributed by atoms with Crippen molar-refractivity contribution < 1.29 is 8.42 Å². The number of benzene rings is 1. The molecular weight excluding hydrogens is 354 g/mol. The van der Waals surface area contributed by atoms with Crippen LogP contribution in [0.25, 0.3) is 0 Å². The Balaban J connectivity index is 1.67. The Labute approximate surface area is 156 Å². The van der Waals surface area contributed by atoms with Gasteiger partial charge < -0.3 is 10.2 Å². The Morgan fingerprint density at radius 2 is 1.92 bits per heavy atom. The molecule has 0 amide bonds. The van der Waals surface area contributed by atoms with Gasteiger partial charge in [0.15, 0.2) is 5.11 Å². The molecule has 2 fully saturated rings. The molecule has 1 aliphatic carbocycles. The van der Waals surface area contributed by atoms with Gasteiger partial charge in [-0.2, -0.15) is 0 Å². The summed E-state index contributed by atoms with van der Waals surface area (Å²) in [6.45, 7) is 2.01. The summed E-state index contributed by atoms with van der Waals surface area (Å²) in [6.07, 6.45) is 6.58. The molecule has 5 nitrogen and oxygen atoms in total. The maximum Gasteiger partial charge on any atom is 0.242 e. The van der Waals surface area contributed by atoms with Crippen molar-refractivity contribution >= 4 is 33.0 Å². The standard InChI is InChI=1S/C18H27N3O2S2/c1-20(2)25(22,23)17-9-5-8-16(12-17)19-18(24)21-11-10-14-6-3-4-7-15(14)13-21/h5,8-9,12,14-15H,3-4,6-7,10-11,13H2,1-2H3,(H,19,24)/t14-,15-/m0/s1. The van der Waals surface area contributed by atoms with Gasteiger partial charge in [-0.15, -0.1) is 0 Å². The Hall–Kier alpha value is -1.18. The zero-order valence-corrected chi connectivity index (χ0v) is 16.6. The molecule has 1 aliphatic heterocycles. The van der Waals surface area contributed by atoms with Crippen LogP contribution >= 0.6 is 12.2 Å². The first kappa shape index (κ1) is 18.6. The quantitative estimate of drug-likeness (QED) is 0.815. The van der Waals surface area contributed by atoms with Gasteiger partial charge in [0.2, 0.25) is 10.0 Å². The molecule has 0 bridgehead atoms. The van der Waals surface area contributed by atoms with E-state index in [1.165, 1.54) is 50.5 Å². The van der Waals surface area contributed by atoms with Crippen molar-refractivity contribution in [2.24, 2.45) is 11.8 Å². The average molecular weight is 382 g/mol. The topological polar surface area (TPSA) is 52.7 Å². The second-order valence-electron chi connectivity index (χ2n) is 7.28. The molecule has 2 aliphatic rings. The third-order valence-electron chi connectivity index (χ3n) is 5.44. The van der Waals surface area contributed by atoms with Crippen molar-refractivity contribution in [3.05, 3.63) is 24.3 Å². The number of nitrogens with one attached hydrogen (secondary N) is 1. The predicted octanol–water partition coefficient (Wildman–Crippen LogP) is 3.15. The highest BCUT2D eigenvalue weighted by molar-refractivity contribution is 7.89. The van der Waals surface area contributed by atoms with E-state index < -0.39 is 10.0 Å². The van der Waals surface area contributed by atoms with Crippen LogP contribution < -0.4 is 5.32 Å². The first-order valence-electron chi connectivity index (χ1n) is 8.96. The Morgan fingerprint density at radius 3 is 2.64 bits per heavy atom. The van der Waals surface area contributed by atoms with E-state index in [2.05, 4.69) is 10.2 Å². The highest BCUT2D eigenvalue weighted by Gasteiger charge is 2.32. The van der Waals surface area contributed by atoms with E-state index in [0.29, 0.717) is 5.11 Å². The molecule has 1 aromatic rings. The third kappa shape index (κ3) is 4.15. The number of fused-ring (bicyclic) bond motifs is 1. The van der Waals surface area contributed by atoms with Crippen LogP contribution in [-0.2, 0) is 10.0 Å². The van der Waals surface area contributed by atoms with Gasteiger partial charge in [0, 0.05) is 32.9 Å². The fourth-order valence-corrected chi connectivity index (χ4v) is 5.16. The average Bonchev–Trinajstić information content (AvgIpc) is 2.61. The zero-order valence-electron chi connectivity index (χ0n) is 14.9. The lowest BCUT2D eigenvalue weighted by Crippen LogP contribution is -2.46. The van der Waals surface area contributed by atoms with E-state index in [1.807, 2.05) is 6.07 Å². The SMILES string of the molecule is CN(C)S(=O)(=O)c1cccc(NC(=S)N2CC[C@@H]3CCCC[C@H]3C2)c1. The number of thiocarbonyl (C=S) groups is 1. The Morgan fingerprint density at radius 1 is 1.20 bits per heavy atom. The third-order valence-corrected chi connectivity index (χ3v) is 7.61. The molecular formula is C18H27N3O2S2. The molecule has 138 valence electrons. The highest BCUT2D eigenvalue weighted by atomic mass is 32.2. The van der Waals surface area contributed by atoms with Crippen molar-refractivity contribution in [1.82, 2.24) is 9.21 Å². The molecule has 7 heteroatoms. The maximum absolute atomic E-state index is 12.3. The summed E-state index contributed by atoms with van der Waals surface area (Å²) in [5.74, 6) is 1.61. The number of anilines is 1. The van der Waals surface area contributed by atoms with E-state index >= 15 is 0 Å². The van der Waals surface area contributed by atoms with Crippen LogP contribution in [0, 0.1) is 11.8 Å². The van der Waals surface area contributed by atoms with Crippen molar-refractivity contribution in [2.75, 3.05) is 32.5 Å². The lowest BCUT2D eigenvalue weighted by atomic mass is 9.75. The molecule has 25 heavy (non-hydrogen) atoms. The van der Waals surface area contributed by atoms with Crippen LogP contribution in [0.15, 0.2) is 29.2 Å². The fraction of sp³-hybridized carbons (Fsp3) is 0.611. The van der Waals surface area contributed by atoms with Crippen molar-refractivity contribution in [1.29, 1.82) is 0 Å². The molecule has 1 saturated heterocycles. The van der Waals surface area contributed by atoms with Gasteiger partial charge in [0.1, 0.15) is 0 Å². The van der Waals surface area contributed by atoms with Gasteiger partial charge in [0.25, 0.3) is 0 Å². The van der Waals surface area contributed by atoms with Crippen molar-refractivity contribution in [2.45, 2.75) is 37.0 Å². The van der Waals surface area contributed by atoms with E-state index in [-0.39, 0.29) is 4.90 Å². The monoisotopic (exact) mass is 381 g/mol. The van der Waals surface area contributed by atoms with E-state index in [9.17, 15) is 8.42 Å². The molecule has 0 unspecified atom stereocenters. The number of hydrogen-bond donors (Lipinski definition) is 1. The van der Waals surface area contributed by atoms with Gasteiger partial charge in [-0.05, 0) is 55.1 Å². The molecule has 0 spiro atoms. The molecule has 1 N–H and O–H groups in total. The largest absolute Gasteiger partial charge is 0.349 e. The summed E-state index contributed by atoms with van der Waals surface area (Å²) >= 11 is 5.59. The van der Waals surface area contributed by atoms with Crippen molar-refractivity contribution in [3.63, 3.8) is 0 Å². The Kier molecular flexibility index (Phi) is 5.65. The molecule has 3 rings (SSSR count). The van der Waals surface area contributed by atoms with Crippen LogP contribution in [0.2, 0.25) is 0 Å². The fourth-order valence-electron chi connectivity index (χ4n) is 3.93. The molecule has 0 radical (unpaired) electrons. The van der Waals surface area contributed by atoms with Gasteiger partial charge in [-0.1, -0.05) is 25.3 Å². The number of likely N-dealkylation sites (tertiary alicyclic amines) is 1. The summed E-state index contributed by atoms with van der Waals surface area (Å²) < 4.78 is 25.8. The highest BCUT2D eigenvalue weighted by Crippen LogP contribution is 2.36. The minimum absolute atomic E-state index is 0.274. The molecule has 0 aromatic heterocycles. The summed E-state index contributed by atoms with van der Waals surface area (Å²) in [4.78, 5) is 2.52. The molecule has 2 atom stereocenters. The lowest BCUT2D eigenvalue weighted by Gasteiger charge is -2.42. The van der Waals surface area contributed by atoms with E-state index in [0.717, 1.165) is 30.6 Å². The second kappa shape index (κ2) is 7.60. The lowest BCUT2D eigenvalue weighted by molar-refractivity contribution is 0.131. The number of rotatable bonds is 3. The number of piperidine rings is 1. The van der Waals surface area contributed by atoms with Gasteiger partial charge in [-0.25, -0.2) is 12.7 Å². The van der Waals surface area contributed by atoms with Crippen LogP contribution in [0.5, 0.6) is 0 Å². The predicted molar refractivity (Wildman–Crippen MR) is 105 cm³/mol. The maximum atomic E-state index is 12.3. The van der Waals surface area contributed by atoms with E-state index in [1.54, 1.807) is 18.2 Å². The van der Waals surface area contributed by atoms with Crippen LogP contribution in [0.3, 0.4) is 0 Å². The van der Waals surface area contributed by atoms with Crippen LogP contribution in [-0.4, -0.2) is 49.9 Å². The summed E-state index contributed by atoms with van der Waals surface area (Å²) in [5, 5.41) is 3.93. The molecule has 1 saturated carbocycles. The minimum Gasteiger partial charge on any atom is -0.349 e. The number of nitrogens with zero attached hydrogens (tertiary/aromatic N) is 2. The zero-order chi connectivity index (χ0) is 18.0. The summed E-state index contributed by atoms with van der Waals surface area (Å²) in [6, 6.07) is 6.86. The van der Waals surface area contributed by atoms with Crippen LogP contribution in [0.4, 0.5) is 5.69 Å². The number of hydrogen-bond acceptors (Lipinski definition) is 3. The van der Waals surface area contributed by atoms with Gasteiger partial charge >= 0.3 is 0 Å². The van der Waals surface area contributed by atoms with E-state index in [4.69, 9.17) is 12.2 Å². The Bertz CT molecular complexity index is 734. The molecule has 1 aromatic carbocycles. The van der Waals surface area contributed by atoms with Crippen LogP contribution in [0.1, 0.15) is 32.1 Å². The first-order chi connectivity index (χ1) is 11.9. The minimum atomic E-state index is -3.44. The molecule has 1 heterocycles. The first-order valence-corrected chi connectivity index (χ1v) is 10.8. The smallest absolute Gasteiger partial charge is 0.242 e. The normalized spacial score (nSPS) is 24.0. The second-order valence-corrected chi connectivity index (χ2v) is 9.82.